The standard InChI is InChI=1S/C21H22N2O6/c1-3-12-4-7-15-13(9-17(24)29-16(15)8-12)11-28-18(25)10-23-19(26)21(2,14-5-6-14)22-20(23)27/h4,7-9,14H,3,5-6,10-11H2,1-2H3,(H,22,27)/t21-/m0/s1. The molecule has 0 spiro atoms. The number of nitrogens with zero attached hydrogens (tertiary/aromatic N) is 1. The van der Waals surface area contributed by atoms with E-state index in [-0.39, 0.29) is 12.5 Å². The van der Waals surface area contributed by atoms with E-state index in [2.05, 4.69) is 5.32 Å². The van der Waals surface area contributed by atoms with Crippen molar-refractivity contribution in [3.63, 3.8) is 0 Å². The van der Waals surface area contributed by atoms with Crippen molar-refractivity contribution >= 4 is 28.9 Å². The van der Waals surface area contributed by atoms with E-state index in [1.54, 1.807) is 13.0 Å². The van der Waals surface area contributed by atoms with Crippen molar-refractivity contribution < 1.29 is 23.5 Å². The smallest absolute Gasteiger partial charge is 0.336 e. The molecule has 1 aliphatic carbocycles. The number of carbonyl (C=O) groups is 3. The van der Waals surface area contributed by atoms with Gasteiger partial charge in [-0.3, -0.25) is 14.5 Å². The Morgan fingerprint density at radius 2 is 2.03 bits per heavy atom. The highest BCUT2D eigenvalue weighted by Crippen LogP contribution is 2.42. The molecule has 0 unspecified atom stereocenters. The monoisotopic (exact) mass is 398 g/mol. The molecule has 2 aliphatic rings. The number of esters is 1. The fourth-order valence-electron chi connectivity index (χ4n) is 3.74. The molecule has 1 N–H and O–H groups in total. The molecule has 1 aromatic carbocycles. The summed E-state index contributed by atoms with van der Waals surface area (Å²) in [5.41, 5.74) is 0.478. The molecule has 29 heavy (non-hydrogen) atoms. The number of ether oxygens (including phenoxy) is 1. The molecule has 1 saturated carbocycles. The molecule has 0 bridgehead atoms. The topological polar surface area (TPSA) is 106 Å². The van der Waals surface area contributed by atoms with Crippen LogP contribution in [0, 0.1) is 5.92 Å². The molecule has 4 rings (SSSR count). The van der Waals surface area contributed by atoms with E-state index >= 15 is 0 Å². The van der Waals surface area contributed by atoms with Crippen molar-refractivity contribution in [2.75, 3.05) is 6.54 Å². The summed E-state index contributed by atoms with van der Waals surface area (Å²) in [5.74, 6) is -1.01. The largest absolute Gasteiger partial charge is 0.459 e. The number of urea groups is 1. The molecule has 0 radical (unpaired) electrons. The lowest BCUT2D eigenvalue weighted by atomic mass is 9.96. The van der Waals surface area contributed by atoms with E-state index in [0.29, 0.717) is 16.5 Å². The lowest BCUT2D eigenvalue weighted by Crippen LogP contribution is -2.46. The molecule has 2 heterocycles. The van der Waals surface area contributed by atoms with Gasteiger partial charge < -0.3 is 14.5 Å². The van der Waals surface area contributed by atoms with Gasteiger partial charge in [0.2, 0.25) is 0 Å². The Morgan fingerprint density at radius 3 is 2.72 bits per heavy atom. The summed E-state index contributed by atoms with van der Waals surface area (Å²) in [6, 6.07) is 6.21. The minimum Gasteiger partial charge on any atom is -0.459 e. The molecule has 1 aliphatic heterocycles. The van der Waals surface area contributed by atoms with E-state index in [0.717, 1.165) is 29.7 Å². The van der Waals surface area contributed by atoms with Crippen LogP contribution in [0.1, 0.15) is 37.8 Å². The zero-order valence-electron chi connectivity index (χ0n) is 16.3. The molecule has 1 aromatic heterocycles. The summed E-state index contributed by atoms with van der Waals surface area (Å²) >= 11 is 0. The van der Waals surface area contributed by atoms with Gasteiger partial charge in [-0.25, -0.2) is 9.59 Å². The van der Waals surface area contributed by atoms with Crippen molar-refractivity contribution in [3.05, 3.63) is 45.8 Å². The number of amides is 3. The number of nitrogens with one attached hydrogen (secondary N) is 1. The Kier molecular flexibility index (Phi) is 4.64. The molecule has 2 fully saturated rings. The highest BCUT2D eigenvalue weighted by atomic mass is 16.5. The summed E-state index contributed by atoms with van der Waals surface area (Å²) in [6.07, 6.45) is 2.55. The van der Waals surface area contributed by atoms with Crippen molar-refractivity contribution in [2.45, 2.75) is 45.3 Å². The number of aryl methyl sites for hydroxylation is 1. The van der Waals surface area contributed by atoms with Crippen LogP contribution in [-0.4, -0.2) is 34.9 Å². The molecular weight excluding hydrogens is 376 g/mol. The van der Waals surface area contributed by atoms with Crippen LogP contribution in [-0.2, 0) is 27.4 Å². The average Bonchev–Trinajstić information content (AvgIpc) is 3.51. The zero-order valence-corrected chi connectivity index (χ0v) is 16.3. The van der Waals surface area contributed by atoms with Crippen LogP contribution >= 0.6 is 0 Å². The van der Waals surface area contributed by atoms with Crippen LogP contribution in [0.3, 0.4) is 0 Å². The molecule has 1 atom stereocenters. The van der Waals surface area contributed by atoms with Gasteiger partial charge >= 0.3 is 17.6 Å². The Labute approximate surface area is 166 Å². The second-order valence-electron chi connectivity index (χ2n) is 7.73. The van der Waals surface area contributed by atoms with Gasteiger partial charge in [0, 0.05) is 17.0 Å². The first-order valence-electron chi connectivity index (χ1n) is 9.67. The fourth-order valence-corrected chi connectivity index (χ4v) is 3.74. The zero-order chi connectivity index (χ0) is 20.8. The summed E-state index contributed by atoms with van der Waals surface area (Å²) in [4.78, 5) is 49.8. The maximum absolute atomic E-state index is 12.6. The fraction of sp³-hybridized carbons (Fsp3) is 0.429. The second-order valence-corrected chi connectivity index (χ2v) is 7.73. The third-order valence-electron chi connectivity index (χ3n) is 5.67. The van der Waals surface area contributed by atoms with Crippen LogP contribution in [0.5, 0.6) is 0 Å². The highest BCUT2D eigenvalue weighted by molar-refractivity contribution is 6.08. The summed E-state index contributed by atoms with van der Waals surface area (Å²) in [5, 5.41) is 3.36. The first-order valence-corrected chi connectivity index (χ1v) is 9.67. The van der Waals surface area contributed by atoms with Crippen LogP contribution in [0.25, 0.3) is 11.0 Å². The molecule has 8 nitrogen and oxygen atoms in total. The summed E-state index contributed by atoms with van der Waals surface area (Å²) < 4.78 is 10.5. The predicted octanol–water partition coefficient (Wildman–Crippen LogP) is 2.12. The second kappa shape index (κ2) is 7.02. The van der Waals surface area contributed by atoms with E-state index < -0.39 is 35.6 Å². The third kappa shape index (κ3) is 3.50. The van der Waals surface area contributed by atoms with Gasteiger partial charge in [-0.1, -0.05) is 19.1 Å². The van der Waals surface area contributed by atoms with E-state index in [1.807, 2.05) is 19.1 Å². The van der Waals surface area contributed by atoms with Gasteiger partial charge in [0.1, 0.15) is 24.3 Å². The van der Waals surface area contributed by atoms with Crippen molar-refractivity contribution in [3.8, 4) is 0 Å². The molecule has 8 heteroatoms. The van der Waals surface area contributed by atoms with Gasteiger partial charge in [0.15, 0.2) is 0 Å². The SMILES string of the molecule is CCc1ccc2c(COC(=O)CN3C(=O)N[C@@](C)(C4CC4)C3=O)cc(=O)oc2c1. The van der Waals surface area contributed by atoms with Gasteiger partial charge in [-0.15, -0.1) is 0 Å². The number of benzene rings is 1. The Hall–Kier alpha value is -3.16. The third-order valence-corrected chi connectivity index (χ3v) is 5.67. The van der Waals surface area contributed by atoms with Gasteiger partial charge in [-0.2, -0.15) is 0 Å². The van der Waals surface area contributed by atoms with Gasteiger partial charge in [0.05, 0.1) is 0 Å². The van der Waals surface area contributed by atoms with Crippen molar-refractivity contribution in [2.24, 2.45) is 5.92 Å². The van der Waals surface area contributed by atoms with E-state index in [9.17, 15) is 19.2 Å². The van der Waals surface area contributed by atoms with Crippen LogP contribution < -0.4 is 10.9 Å². The van der Waals surface area contributed by atoms with Crippen LogP contribution in [0.4, 0.5) is 4.79 Å². The number of hydrogen-bond acceptors (Lipinski definition) is 6. The van der Waals surface area contributed by atoms with Crippen LogP contribution in [0.15, 0.2) is 33.5 Å². The maximum atomic E-state index is 12.6. The number of rotatable bonds is 6. The molecule has 2 aromatic rings. The first kappa shape index (κ1) is 19.2. The van der Waals surface area contributed by atoms with Gasteiger partial charge in [0.25, 0.3) is 5.91 Å². The normalized spacial score (nSPS) is 21.5. The summed E-state index contributed by atoms with van der Waals surface area (Å²) in [7, 11) is 0. The number of hydrogen-bond donors (Lipinski definition) is 1. The lowest BCUT2D eigenvalue weighted by Gasteiger charge is -2.20. The first-order chi connectivity index (χ1) is 13.8. The maximum Gasteiger partial charge on any atom is 0.336 e. The molecule has 152 valence electrons. The highest BCUT2D eigenvalue weighted by Gasteiger charge is 2.56. The number of fused-ring (bicyclic) bond motifs is 1. The Balaban J connectivity index is 1.46. The number of imide groups is 1. The Bertz CT molecular complexity index is 1070. The minimum atomic E-state index is -0.942. The van der Waals surface area contributed by atoms with Crippen molar-refractivity contribution in [1.29, 1.82) is 0 Å². The predicted molar refractivity (Wildman–Crippen MR) is 103 cm³/mol. The van der Waals surface area contributed by atoms with Crippen LogP contribution in [0.2, 0.25) is 0 Å². The molecular formula is C21H22N2O6. The van der Waals surface area contributed by atoms with E-state index in [1.165, 1.54) is 6.07 Å². The Morgan fingerprint density at radius 1 is 1.28 bits per heavy atom. The molecule has 1 saturated heterocycles. The lowest BCUT2D eigenvalue weighted by molar-refractivity contribution is -0.148. The molecule has 3 amide bonds. The van der Waals surface area contributed by atoms with E-state index in [4.69, 9.17) is 9.15 Å². The number of carbonyl (C=O) groups excluding carboxylic acids is 3. The quantitative estimate of drug-likeness (QED) is 0.454. The summed E-state index contributed by atoms with van der Waals surface area (Å²) in [6.45, 7) is 3.06. The van der Waals surface area contributed by atoms with Crippen molar-refractivity contribution in [1.82, 2.24) is 10.2 Å². The van der Waals surface area contributed by atoms with Gasteiger partial charge in [-0.05, 0) is 43.7 Å². The minimum absolute atomic E-state index is 0.114. The average molecular weight is 398 g/mol.